The van der Waals surface area contributed by atoms with Crippen LogP contribution in [0.3, 0.4) is 0 Å². The largest absolute Gasteiger partial charge is 0.328 e. The second-order valence-corrected chi connectivity index (χ2v) is 10.8. The van der Waals surface area contributed by atoms with Crippen molar-refractivity contribution in [3.8, 4) is 0 Å². The van der Waals surface area contributed by atoms with E-state index >= 15 is 0 Å². The fraction of sp³-hybridized carbons (Fsp3) is 1.00. The van der Waals surface area contributed by atoms with Crippen LogP contribution in [0.25, 0.3) is 0 Å². The molecule has 2 aliphatic rings. The van der Waals surface area contributed by atoms with E-state index in [0.717, 1.165) is 38.7 Å². The molecule has 0 radical (unpaired) electrons. The molecule has 0 N–H and O–H groups in total. The molecule has 2 aliphatic carbocycles. The first-order valence-electron chi connectivity index (χ1n) is 10.5. The normalized spacial score (nSPS) is 21.6. The van der Waals surface area contributed by atoms with Gasteiger partial charge < -0.3 is 4.52 Å². The van der Waals surface area contributed by atoms with Crippen molar-refractivity contribution in [1.29, 1.82) is 0 Å². The van der Waals surface area contributed by atoms with Gasteiger partial charge in [0.15, 0.2) is 0 Å². The van der Waals surface area contributed by atoms with Gasteiger partial charge >= 0.3 is 0 Å². The van der Waals surface area contributed by atoms with Crippen molar-refractivity contribution in [2.45, 2.75) is 121 Å². The highest BCUT2D eigenvalue weighted by Crippen LogP contribution is 2.63. The van der Waals surface area contributed by atoms with Gasteiger partial charge in [-0.1, -0.05) is 77.6 Å². The van der Waals surface area contributed by atoms with E-state index in [1.807, 2.05) is 0 Å². The van der Waals surface area contributed by atoms with Crippen LogP contribution >= 0.6 is 7.37 Å². The van der Waals surface area contributed by atoms with Gasteiger partial charge in [0.1, 0.15) is 0 Å². The molecule has 2 fully saturated rings. The first-order chi connectivity index (χ1) is 11.3. The predicted octanol–water partition coefficient (Wildman–Crippen LogP) is 7.31. The van der Waals surface area contributed by atoms with Crippen LogP contribution in [0.1, 0.15) is 110 Å². The Balaban J connectivity index is 1.82. The lowest BCUT2D eigenvalue weighted by atomic mass is 10.00. The Labute approximate surface area is 144 Å². The molecule has 136 valence electrons. The van der Waals surface area contributed by atoms with Crippen LogP contribution in [0.15, 0.2) is 0 Å². The van der Waals surface area contributed by atoms with E-state index in [-0.39, 0.29) is 0 Å². The molecule has 0 aromatic rings. The Hall–Kier alpha value is 0.190. The lowest BCUT2D eigenvalue weighted by Crippen LogP contribution is -2.25. The van der Waals surface area contributed by atoms with E-state index < -0.39 is 7.37 Å². The molecule has 0 saturated heterocycles. The van der Waals surface area contributed by atoms with E-state index in [2.05, 4.69) is 6.92 Å². The average Bonchev–Trinajstić information content (AvgIpc) is 2.62. The van der Waals surface area contributed by atoms with Crippen LogP contribution in [-0.2, 0) is 9.09 Å². The Morgan fingerprint density at radius 3 is 1.74 bits per heavy atom. The van der Waals surface area contributed by atoms with Crippen molar-refractivity contribution in [1.82, 2.24) is 0 Å². The number of hydrogen-bond acceptors (Lipinski definition) is 2. The fourth-order valence-corrected chi connectivity index (χ4v) is 8.08. The topological polar surface area (TPSA) is 26.3 Å². The summed E-state index contributed by atoms with van der Waals surface area (Å²) in [7, 11) is -2.43. The third kappa shape index (κ3) is 6.20. The van der Waals surface area contributed by atoms with Crippen molar-refractivity contribution in [3.63, 3.8) is 0 Å². The second-order valence-electron chi connectivity index (χ2n) is 7.83. The van der Waals surface area contributed by atoms with Gasteiger partial charge in [0, 0.05) is 11.3 Å². The maximum atomic E-state index is 13.8. The van der Waals surface area contributed by atoms with Gasteiger partial charge in [-0.05, 0) is 32.1 Å². The minimum Gasteiger partial charge on any atom is -0.328 e. The summed E-state index contributed by atoms with van der Waals surface area (Å²) < 4.78 is 20.1. The summed E-state index contributed by atoms with van der Waals surface area (Å²) in [4.78, 5) is 0. The average molecular weight is 343 g/mol. The number of unbranched alkanes of at least 4 members (excludes halogenated alkanes) is 5. The first-order valence-corrected chi connectivity index (χ1v) is 12.3. The third-order valence-corrected chi connectivity index (χ3v) is 9.61. The van der Waals surface area contributed by atoms with Gasteiger partial charge in [0.2, 0.25) is 7.37 Å². The molecule has 2 nitrogen and oxygen atoms in total. The quantitative estimate of drug-likeness (QED) is 0.307. The second kappa shape index (κ2) is 10.9. The summed E-state index contributed by atoms with van der Waals surface area (Å²) in [6.07, 6.45) is 20.0. The maximum absolute atomic E-state index is 13.8. The van der Waals surface area contributed by atoms with Crippen molar-refractivity contribution in [2.24, 2.45) is 0 Å². The van der Waals surface area contributed by atoms with Crippen molar-refractivity contribution >= 4 is 7.37 Å². The summed E-state index contributed by atoms with van der Waals surface area (Å²) >= 11 is 0. The first kappa shape index (κ1) is 19.5. The van der Waals surface area contributed by atoms with E-state index in [9.17, 15) is 4.57 Å². The fourth-order valence-electron chi connectivity index (χ4n) is 4.48. The van der Waals surface area contributed by atoms with Gasteiger partial charge in [0.05, 0.1) is 6.61 Å². The molecule has 2 rings (SSSR count). The van der Waals surface area contributed by atoms with Gasteiger partial charge in [-0.3, -0.25) is 4.57 Å². The Bertz CT molecular complexity index is 322. The zero-order chi connectivity index (χ0) is 16.4. The third-order valence-electron chi connectivity index (χ3n) is 5.96. The van der Waals surface area contributed by atoms with Gasteiger partial charge in [-0.2, -0.15) is 0 Å². The number of hydrogen-bond donors (Lipinski definition) is 0. The molecule has 0 spiro atoms. The molecule has 3 heteroatoms. The summed E-state index contributed by atoms with van der Waals surface area (Å²) in [6.45, 7) is 3.00. The highest BCUT2D eigenvalue weighted by Gasteiger charge is 2.42. The minimum atomic E-state index is -2.43. The van der Waals surface area contributed by atoms with E-state index in [4.69, 9.17) is 4.52 Å². The van der Waals surface area contributed by atoms with Gasteiger partial charge in [-0.25, -0.2) is 0 Å². The molecule has 0 unspecified atom stereocenters. The molecule has 2 saturated carbocycles. The highest BCUT2D eigenvalue weighted by molar-refractivity contribution is 7.60. The Kier molecular flexibility index (Phi) is 9.27. The van der Waals surface area contributed by atoms with Crippen LogP contribution in [0.4, 0.5) is 0 Å². The lowest BCUT2D eigenvalue weighted by Gasteiger charge is -2.37. The highest BCUT2D eigenvalue weighted by atomic mass is 31.2. The molecule has 0 amide bonds. The predicted molar refractivity (Wildman–Crippen MR) is 101 cm³/mol. The Morgan fingerprint density at radius 1 is 0.739 bits per heavy atom. The summed E-state index contributed by atoms with van der Waals surface area (Å²) in [5.74, 6) is 0. The van der Waals surface area contributed by atoms with Crippen molar-refractivity contribution in [3.05, 3.63) is 0 Å². The van der Waals surface area contributed by atoms with Crippen LogP contribution in [0.2, 0.25) is 0 Å². The van der Waals surface area contributed by atoms with Crippen LogP contribution < -0.4 is 0 Å². The summed E-state index contributed by atoms with van der Waals surface area (Å²) in [5, 5.41) is 0. The van der Waals surface area contributed by atoms with Crippen LogP contribution in [-0.4, -0.2) is 17.9 Å². The lowest BCUT2D eigenvalue weighted by molar-refractivity contribution is 0.273. The van der Waals surface area contributed by atoms with E-state index in [0.29, 0.717) is 11.3 Å². The molecular formula is C20H39O2P. The van der Waals surface area contributed by atoms with E-state index in [1.165, 1.54) is 70.6 Å². The van der Waals surface area contributed by atoms with Gasteiger partial charge in [-0.15, -0.1) is 0 Å². The maximum Gasteiger partial charge on any atom is 0.209 e. The molecule has 0 aromatic heterocycles. The standard InChI is InChI=1S/C20H39O2P/c1-2-3-4-5-6-13-18-22-23(21,19-14-9-7-10-15-19)20-16-11-8-12-17-20/h19-20H,2-18H2,1H3. The Morgan fingerprint density at radius 2 is 1.22 bits per heavy atom. The summed E-state index contributed by atoms with van der Waals surface area (Å²) in [6, 6.07) is 0. The zero-order valence-electron chi connectivity index (χ0n) is 15.4. The monoisotopic (exact) mass is 342 g/mol. The molecule has 23 heavy (non-hydrogen) atoms. The summed E-state index contributed by atoms with van der Waals surface area (Å²) in [5.41, 5.74) is 0.777. The van der Waals surface area contributed by atoms with Crippen LogP contribution in [0, 0.1) is 0 Å². The molecule has 0 bridgehead atoms. The minimum absolute atomic E-state index is 0.388. The SMILES string of the molecule is CCCCCCCCOP(=O)(C1CCCCC1)C1CCCCC1. The van der Waals surface area contributed by atoms with Crippen LogP contribution in [0.5, 0.6) is 0 Å². The molecule has 0 heterocycles. The number of rotatable bonds is 10. The van der Waals surface area contributed by atoms with Crippen molar-refractivity contribution in [2.75, 3.05) is 6.61 Å². The molecule has 0 aliphatic heterocycles. The van der Waals surface area contributed by atoms with Crippen molar-refractivity contribution < 1.29 is 9.09 Å². The smallest absolute Gasteiger partial charge is 0.209 e. The zero-order valence-corrected chi connectivity index (χ0v) is 16.3. The molecular weight excluding hydrogens is 303 g/mol. The van der Waals surface area contributed by atoms with Gasteiger partial charge in [0.25, 0.3) is 0 Å². The van der Waals surface area contributed by atoms with E-state index in [1.54, 1.807) is 0 Å². The molecule has 0 atom stereocenters. The molecule has 0 aromatic carbocycles.